The molecule has 0 fully saturated rings. The quantitative estimate of drug-likeness (QED) is 0.550. The summed E-state index contributed by atoms with van der Waals surface area (Å²) in [5.41, 5.74) is 4.46. The summed E-state index contributed by atoms with van der Waals surface area (Å²) in [5.74, 6) is -0.157. The minimum Gasteiger partial charge on any atom is -0.351 e. The highest BCUT2D eigenvalue weighted by atomic mass is 32.2. The van der Waals surface area contributed by atoms with Crippen molar-refractivity contribution in [2.75, 3.05) is 11.3 Å². The molecule has 2 N–H and O–H groups in total. The predicted molar refractivity (Wildman–Crippen MR) is 125 cm³/mol. The van der Waals surface area contributed by atoms with Gasteiger partial charge < -0.3 is 5.32 Å². The normalized spacial score (nSPS) is 12.3. The SMILES string of the molecule is Cc1cc(C)cc(NS(=O)(=O)c2cc(C(=O)NC[C@@H](C)c3ccccc3)ccc2C)c1. The Balaban J connectivity index is 1.78. The van der Waals surface area contributed by atoms with E-state index in [1.54, 1.807) is 31.2 Å². The highest BCUT2D eigenvalue weighted by molar-refractivity contribution is 7.92. The van der Waals surface area contributed by atoms with Crippen LogP contribution in [0.1, 0.15) is 45.5 Å². The Morgan fingerprint density at radius 2 is 1.55 bits per heavy atom. The lowest BCUT2D eigenvalue weighted by atomic mass is 10.0. The van der Waals surface area contributed by atoms with Gasteiger partial charge in [-0.2, -0.15) is 0 Å². The van der Waals surface area contributed by atoms with Crippen LogP contribution in [0.5, 0.6) is 0 Å². The Morgan fingerprint density at radius 1 is 0.903 bits per heavy atom. The molecule has 0 bridgehead atoms. The van der Waals surface area contributed by atoms with E-state index in [2.05, 4.69) is 10.0 Å². The van der Waals surface area contributed by atoms with Gasteiger partial charge in [0.25, 0.3) is 15.9 Å². The summed E-state index contributed by atoms with van der Waals surface area (Å²) < 4.78 is 28.7. The lowest BCUT2D eigenvalue weighted by Gasteiger charge is -2.15. The number of rotatable bonds is 7. The molecule has 5 nitrogen and oxygen atoms in total. The molecule has 1 amide bonds. The highest BCUT2D eigenvalue weighted by Gasteiger charge is 2.20. The summed E-state index contributed by atoms with van der Waals surface area (Å²) in [6, 6.07) is 20.2. The Morgan fingerprint density at radius 3 is 2.19 bits per heavy atom. The van der Waals surface area contributed by atoms with Crippen LogP contribution >= 0.6 is 0 Å². The van der Waals surface area contributed by atoms with E-state index in [4.69, 9.17) is 0 Å². The standard InChI is InChI=1S/C25H28N2O3S/c1-17-12-18(2)14-23(13-17)27-31(29,30)24-15-22(11-10-19(24)3)25(28)26-16-20(4)21-8-6-5-7-9-21/h5-15,20,27H,16H2,1-4H3,(H,26,28)/t20-/m1/s1. The van der Waals surface area contributed by atoms with Gasteiger partial charge in [0, 0.05) is 17.8 Å². The fourth-order valence-corrected chi connectivity index (χ4v) is 4.83. The molecule has 3 rings (SSSR count). The Labute approximate surface area is 184 Å². The maximum absolute atomic E-state index is 13.0. The average Bonchev–Trinajstić information content (AvgIpc) is 2.71. The molecule has 0 aliphatic rings. The van der Waals surface area contributed by atoms with E-state index in [-0.39, 0.29) is 16.7 Å². The minimum atomic E-state index is -3.84. The van der Waals surface area contributed by atoms with Gasteiger partial charge in [0.1, 0.15) is 0 Å². The highest BCUT2D eigenvalue weighted by Crippen LogP contribution is 2.23. The first-order chi connectivity index (χ1) is 14.7. The average molecular weight is 437 g/mol. The van der Waals surface area contributed by atoms with E-state index in [9.17, 15) is 13.2 Å². The maximum atomic E-state index is 13.0. The van der Waals surface area contributed by atoms with Gasteiger partial charge in [-0.15, -0.1) is 0 Å². The first kappa shape index (κ1) is 22.6. The zero-order chi connectivity index (χ0) is 22.6. The number of sulfonamides is 1. The third kappa shape index (κ3) is 5.73. The second-order valence-electron chi connectivity index (χ2n) is 7.98. The smallest absolute Gasteiger partial charge is 0.262 e. The van der Waals surface area contributed by atoms with Crippen LogP contribution in [0.15, 0.2) is 71.6 Å². The van der Waals surface area contributed by atoms with Crippen molar-refractivity contribution in [2.45, 2.75) is 38.5 Å². The fourth-order valence-electron chi connectivity index (χ4n) is 3.52. The van der Waals surface area contributed by atoms with Crippen molar-refractivity contribution >= 4 is 21.6 Å². The van der Waals surface area contributed by atoms with Crippen molar-refractivity contribution in [3.05, 3.63) is 94.5 Å². The largest absolute Gasteiger partial charge is 0.351 e. The van der Waals surface area contributed by atoms with E-state index < -0.39 is 10.0 Å². The molecule has 162 valence electrons. The van der Waals surface area contributed by atoms with E-state index in [1.165, 1.54) is 6.07 Å². The van der Waals surface area contributed by atoms with Crippen LogP contribution in [0, 0.1) is 20.8 Å². The van der Waals surface area contributed by atoms with E-state index in [1.807, 2.05) is 57.2 Å². The van der Waals surface area contributed by atoms with E-state index in [0.717, 1.165) is 16.7 Å². The monoisotopic (exact) mass is 436 g/mol. The van der Waals surface area contributed by atoms with Crippen molar-refractivity contribution in [1.29, 1.82) is 0 Å². The molecule has 1 atom stereocenters. The van der Waals surface area contributed by atoms with Gasteiger partial charge in [-0.1, -0.05) is 49.4 Å². The van der Waals surface area contributed by atoms with Crippen molar-refractivity contribution in [3.63, 3.8) is 0 Å². The van der Waals surface area contributed by atoms with Gasteiger partial charge in [-0.3, -0.25) is 9.52 Å². The van der Waals surface area contributed by atoms with Crippen molar-refractivity contribution in [1.82, 2.24) is 5.32 Å². The lowest BCUT2D eigenvalue weighted by molar-refractivity contribution is 0.0951. The molecule has 3 aromatic rings. The summed E-state index contributed by atoms with van der Waals surface area (Å²) in [6.07, 6.45) is 0. The molecule has 0 heterocycles. The van der Waals surface area contributed by atoms with Gasteiger partial charge in [-0.05, 0) is 73.2 Å². The number of anilines is 1. The molecule has 0 aromatic heterocycles. The summed E-state index contributed by atoms with van der Waals surface area (Å²) in [4.78, 5) is 12.8. The second kappa shape index (κ2) is 9.35. The van der Waals surface area contributed by atoms with Crippen LogP contribution in [-0.2, 0) is 10.0 Å². The molecule has 0 aliphatic carbocycles. The zero-order valence-corrected chi connectivity index (χ0v) is 19.1. The predicted octanol–water partition coefficient (Wildman–Crippen LogP) is 4.95. The number of hydrogen-bond acceptors (Lipinski definition) is 3. The van der Waals surface area contributed by atoms with Crippen LogP contribution in [0.2, 0.25) is 0 Å². The molecule has 0 saturated heterocycles. The van der Waals surface area contributed by atoms with Gasteiger partial charge in [0.2, 0.25) is 0 Å². The molecule has 0 aliphatic heterocycles. The summed E-state index contributed by atoms with van der Waals surface area (Å²) in [7, 11) is -3.84. The minimum absolute atomic E-state index is 0.0930. The second-order valence-corrected chi connectivity index (χ2v) is 9.63. The number of aryl methyl sites for hydroxylation is 3. The lowest BCUT2D eigenvalue weighted by Crippen LogP contribution is -2.28. The number of carbonyl (C=O) groups is 1. The Bertz CT molecular complexity index is 1170. The van der Waals surface area contributed by atoms with Crippen molar-refractivity contribution in [3.8, 4) is 0 Å². The molecule has 0 radical (unpaired) electrons. The van der Waals surface area contributed by atoms with Gasteiger partial charge >= 0.3 is 0 Å². The Hall–Kier alpha value is -3.12. The van der Waals surface area contributed by atoms with Gasteiger partial charge in [-0.25, -0.2) is 8.42 Å². The van der Waals surface area contributed by atoms with Crippen LogP contribution in [-0.4, -0.2) is 20.9 Å². The molecule has 0 saturated carbocycles. The van der Waals surface area contributed by atoms with Crippen molar-refractivity contribution < 1.29 is 13.2 Å². The third-order valence-corrected chi connectivity index (χ3v) is 6.67. The number of benzene rings is 3. The van der Waals surface area contributed by atoms with Crippen LogP contribution in [0.25, 0.3) is 0 Å². The van der Waals surface area contributed by atoms with Gasteiger partial charge in [0.15, 0.2) is 0 Å². The number of hydrogen-bond donors (Lipinski definition) is 2. The molecule has 31 heavy (non-hydrogen) atoms. The van der Waals surface area contributed by atoms with Crippen LogP contribution in [0.3, 0.4) is 0 Å². The number of carbonyl (C=O) groups excluding carboxylic acids is 1. The van der Waals surface area contributed by atoms with Crippen LogP contribution < -0.4 is 10.0 Å². The number of nitrogens with one attached hydrogen (secondary N) is 2. The molecule has 0 spiro atoms. The first-order valence-electron chi connectivity index (χ1n) is 10.2. The topological polar surface area (TPSA) is 75.3 Å². The fraction of sp³-hybridized carbons (Fsp3) is 0.240. The van der Waals surface area contributed by atoms with E-state index >= 15 is 0 Å². The molecule has 3 aromatic carbocycles. The van der Waals surface area contributed by atoms with E-state index in [0.29, 0.717) is 23.4 Å². The molecular formula is C25H28N2O3S. The number of amides is 1. The van der Waals surface area contributed by atoms with Crippen molar-refractivity contribution in [2.24, 2.45) is 0 Å². The molecule has 6 heteroatoms. The first-order valence-corrected chi connectivity index (χ1v) is 11.7. The van der Waals surface area contributed by atoms with Crippen LogP contribution in [0.4, 0.5) is 5.69 Å². The molecule has 0 unspecified atom stereocenters. The molecular weight excluding hydrogens is 408 g/mol. The Kier molecular flexibility index (Phi) is 6.81. The zero-order valence-electron chi connectivity index (χ0n) is 18.3. The summed E-state index contributed by atoms with van der Waals surface area (Å²) in [5, 5.41) is 2.91. The van der Waals surface area contributed by atoms with Gasteiger partial charge in [0.05, 0.1) is 4.90 Å². The maximum Gasteiger partial charge on any atom is 0.262 e. The third-order valence-electron chi connectivity index (χ3n) is 5.15. The summed E-state index contributed by atoms with van der Waals surface area (Å²) in [6.45, 7) is 8.04. The summed E-state index contributed by atoms with van der Waals surface area (Å²) >= 11 is 0.